The maximum absolute atomic E-state index is 14.6. The van der Waals surface area contributed by atoms with Crippen molar-refractivity contribution in [1.82, 2.24) is 0 Å². The topological polar surface area (TPSA) is 46.2 Å². The maximum atomic E-state index is 14.6. The van der Waals surface area contributed by atoms with E-state index in [4.69, 9.17) is 23.7 Å². The highest BCUT2D eigenvalue weighted by atomic mass is 19.3. The summed E-state index contributed by atoms with van der Waals surface area (Å²) in [7, 11) is 3.10. The fourth-order valence-electron chi connectivity index (χ4n) is 4.87. The van der Waals surface area contributed by atoms with Crippen LogP contribution in [0.25, 0.3) is 6.08 Å². The molecule has 5 nitrogen and oxygen atoms in total. The number of halogens is 2. The van der Waals surface area contributed by atoms with Gasteiger partial charge >= 0.3 is 0 Å². The van der Waals surface area contributed by atoms with Gasteiger partial charge in [-0.2, -0.15) is 0 Å². The Labute approximate surface area is 181 Å². The quantitative estimate of drug-likeness (QED) is 0.521. The molecule has 0 bridgehead atoms. The van der Waals surface area contributed by atoms with E-state index in [1.165, 1.54) is 7.11 Å². The van der Waals surface area contributed by atoms with Crippen LogP contribution in [0.15, 0.2) is 42.7 Å². The van der Waals surface area contributed by atoms with Gasteiger partial charge in [-0.1, -0.05) is 18.7 Å². The summed E-state index contributed by atoms with van der Waals surface area (Å²) in [5.74, 6) is -1.44. The minimum Gasteiger partial charge on any atom is -0.489 e. The molecule has 7 heteroatoms. The summed E-state index contributed by atoms with van der Waals surface area (Å²) in [4.78, 5) is 0. The Balaban J connectivity index is 1.65. The minimum absolute atomic E-state index is 0.0217. The van der Waals surface area contributed by atoms with E-state index in [9.17, 15) is 8.78 Å². The standard InChI is InChI=1S/C24H28F2O5/c1-4-15-9-18(30-14-28-3)10-19-20-11-24(25,26)12-21(20)23(31-22(15)19)16-5-7-17(8-6-16)29-13-27-2/h4-5,7-10,16,20-21,23H,1,6,11-14H2,2-3H3/t16?,20-,21-,23-/m0/s1. The number of hydrogen-bond donors (Lipinski definition) is 0. The average molecular weight is 434 g/mol. The highest BCUT2D eigenvalue weighted by Gasteiger charge is 2.54. The first kappa shape index (κ1) is 21.8. The highest BCUT2D eigenvalue weighted by Crippen LogP contribution is 2.57. The van der Waals surface area contributed by atoms with Crippen molar-refractivity contribution in [1.29, 1.82) is 0 Å². The van der Waals surface area contributed by atoms with E-state index >= 15 is 0 Å². The van der Waals surface area contributed by atoms with Gasteiger partial charge in [-0.15, -0.1) is 0 Å². The molecule has 0 radical (unpaired) electrons. The normalized spacial score (nSPS) is 28.2. The summed E-state index contributed by atoms with van der Waals surface area (Å²) in [6, 6.07) is 3.62. The second-order valence-corrected chi connectivity index (χ2v) is 8.22. The van der Waals surface area contributed by atoms with E-state index in [-0.39, 0.29) is 50.3 Å². The summed E-state index contributed by atoms with van der Waals surface area (Å²) < 4.78 is 56.6. The molecule has 168 valence electrons. The molecule has 4 rings (SSSR count). The lowest BCUT2D eigenvalue weighted by molar-refractivity contribution is -0.00662. The molecule has 1 aliphatic heterocycles. The fraction of sp³-hybridized carbons (Fsp3) is 0.500. The van der Waals surface area contributed by atoms with Crippen LogP contribution in [-0.4, -0.2) is 39.8 Å². The zero-order valence-corrected chi connectivity index (χ0v) is 17.8. The predicted octanol–water partition coefficient (Wildman–Crippen LogP) is 5.28. The van der Waals surface area contributed by atoms with Crippen molar-refractivity contribution >= 4 is 6.08 Å². The number of fused-ring (bicyclic) bond motifs is 3. The van der Waals surface area contributed by atoms with E-state index < -0.39 is 5.92 Å². The third-order valence-corrected chi connectivity index (χ3v) is 6.19. The van der Waals surface area contributed by atoms with Crippen LogP contribution in [0.5, 0.6) is 11.5 Å². The molecule has 0 saturated heterocycles. The molecule has 4 atom stereocenters. The summed E-state index contributed by atoms with van der Waals surface area (Å²) in [5, 5.41) is 0. The lowest BCUT2D eigenvalue weighted by Crippen LogP contribution is -2.39. The van der Waals surface area contributed by atoms with Gasteiger partial charge in [0.25, 0.3) is 0 Å². The minimum atomic E-state index is -2.72. The van der Waals surface area contributed by atoms with E-state index in [0.29, 0.717) is 23.7 Å². The Morgan fingerprint density at radius 1 is 1.16 bits per heavy atom. The summed E-state index contributed by atoms with van der Waals surface area (Å²) in [6.45, 7) is 4.13. The van der Waals surface area contributed by atoms with Crippen LogP contribution < -0.4 is 9.47 Å². The number of benzene rings is 1. The van der Waals surface area contributed by atoms with Crippen molar-refractivity contribution < 1.29 is 32.5 Å². The van der Waals surface area contributed by atoms with Crippen LogP contribution in [0.2, 0.25) is 0 Å². The highest BCUT2D eigenvalue weighted by molar-refractivity contribution is 5.63. The zero-order chi connectivity index (χ0) is 22.0. The summed E-state index contributed by atoms with van der Waals surface area (Å²) in [5.41, 5.74) is 1.50. The molecule has 1 unspecified atom stereocenters. The van der Waals surface area contributed by atoms with Gasteiger partial charge in [-0.25, -0.2) is 8.78 Å². The van der Waals surface area contributed by atoms with Crippen LogP contribution in [0.1, 0.15) is 36.3 Å². The SMILES string of the molecule is C=Cc1cc(OCOC)cc2c1O[C@@H](C1C=CC(OCOC)=CC1)[C@H]1CC(F)(F)C[C@@H]21. The Morgan fingerprint density at radius 3 is 2.61 bits per heavy atom. The molecule has 1 fully saturated rings. The third-order valence-electron chi connectivity index (χ3n) is 6.19. The Hall–Kier alpha value is -2.38. The molecular weight excluding hydrogens is 406 g/mol. The van der Waals surface area contributed by atoms with Crippen LogP contribution >= 0.6 is 0 Å². The lowest BCUT2D eigenvalue weighted by Gasteiger charge is -2.40. The van der Waals surface area contributed by atoms with Crippen molar-refractivity contribution in [3.8, 4) is 11.5 Å². The molecule has 3 aliphatic rings. The smallest absolute Gasteiger partial charge is 0.249 e. The summed E-state index contributed by atoms with van der Waals surface area (Å²) >= 11 is 0. The Bertz CT molecular complexity index is 879. The number of allylic oxidation sites excluding steroid dienone is 2. The van der Waals surface area contributed by atoms with Crippen molar-refractivity contribution in [2.24, 2.45) is 11.8 Å². The number of alkyl halides is 2. The van der Waals surface area contributed by atoms with Gasteiger partial charge in [-0.05, 0) is 36.6 Å². The fourth-order valence-corrected chi connectivity index (χ4v) is 4.87. The van der Waals surface area contributed by atoms with Gasteiger partial charge in [0.1, 0.15) is 23.4 Å². The molecule has 0 spiro atoms. The Morgan fingerprint density at radius 2 is 1.94 bits per heavy atom. The van der Waals surface area contributed by atoms with Crippen molar-refractivity contribution in [3.63, 3.8) is 0 Å². The molecule has 1 aromatic rings. The average Bonchev–Trinajstić information content (AvgIpc) is 3.10. The number of rotatable bonds is 8. The molecule has 1 aromatic carbocycles. The van der Waals surface area contributed by atoms with Gasteiger partial charge < -0.3 is 23.7 Å². The largest absolute Gasteiger partial charge is 0.489 e. The number of hydrogen-bond acceptors (Lipinski definition) is 5. The molecular formula is C24H28F2O5. The van der Waals surface area contributed by atoms with Crippen LogP contribution in [0.4, 0.5) is 8.78 Å². The second kappa shape index (κ2) is 9.01. The first-order valence-corrected chi connectivity index (χ1v) is 10.4. The molecule has 0 N–H and O–H groups in total. The van der Waals surface area contributed by atoms with Crippen molar-refractivity contribution in [2.45, 2.75) is 37.2 Å². The van der Waals surface area contributed by atoms with Crippen LogP contribution in [0.3, 0.4) is 0 Å². The van der Waals surface area contributed by atoms with E-state index in [1.54, 1.807) is 13.2 Å². The predicted molar refractivity (Wildman–Crippen MR) is 112 cm³/mol. The van der Waals surface area contributed by atoms with Gasteiger partial charge in [-0.3, -0.25) is 0 Å². The van der Waals surface area contributed by atoms with Gasteiger partial charge in [0.2, 0.25) is 5.92 Å². The van der Waals surface area contributed by atoms with Gasteiger partial charge in [0.05, 0.1) is 0 Å². The van der Waals surface area contributed by atoms with E-state index in [0.717, 1.165) is 11.1 Å². The Kier molecular flexibility index (Phi) is 6.34. The number of methoxy groups -OCH3 is 2. The molecule has 1 saturated carbocycles. The zero-order valence-electron chi connectivity index (χ0n) is 17.8. The molecule has 2 aliphatic carbocycles. The van der Waals surface area contributed by atoms with E-state index in [2.05, 4.69) is 6.58 Å². The lowest BCUT2D eigenvalue weighted by atomic mass is 9.76. The van der Waals surface area contributed by atoms with E-state index in [1.807, 2.05) is 30.4 Å². The summed E-state index contributed by atoms with van der Waals surface area (Å²) in [6.07, 6.45) is 7.42. The molecule has 0 aromatic heterocycles. The van der Waals surface area contributed by atoms with Crippen molar-refractivity contribution in [3.05, 3.63) is 53.8 Å². The first-order chi connectivity index (χ1) is 15.0. The molecule has 1 heterocycles. The molecule has 0 amide bonds. The monoisotopic (exact) mass is 434 g/mol. The second-order valence-electron chi connectivity index (χ2n) is 8.22. The third kappa shape index (κ3) is 4.48. The molecule has 31 heavy (non-hydrogen) atoms. The van der Waals surface area contributed by atoms with Gasteiger partial charge in [0, 0.05) is 50.0 Å². The van der Waals surface area contributed by atoms with Crippen LogP contribution in [-0.2, 0) is 14.2 Å². The van der Waals surface area contributed by atoms with Gasteiger partial charge in [0.15, 0.2) is 13.6 Å². The van der Waals surface area contributed by atoms with Crippen molar-refractivity contribution in [2.75, 3.05) is 27.8 Å². The maximum Gasteiger partial charge on any atom is 0.249 e. The van der Waals surface area contributed by atoms with Crippen LogP contribution in [0, 0.1) is 11.8 Å². The number of ether oxygens (including phenoxy) is 5. The first-order valence-electron chi connectivity index (χ1n) is 10.4.